The fraction of sp³-hybridized carbons (Fsp3) is 1.00. The molecule has 0 heterocycles. The van der Waals surface area contributed by atoms with Gasteiger partial charge in [0.05, 0.1) is 0 Å². The summed E-state index contributed by atoms with van der Waals surface area (Å²) in [6.45, 7) is 0. The Bertz CT molecular complexity index is 89.8. The zero-order valence-electron chi connectivity index (χ0n) is 3.86. The first-order valence-corrected chi connectivity index (χ1v) is 2.18. The first kappa shape index (κ1) is 11.7. The number of rotatable bonds is 0. The molecular weight excluding hydrogens is 156 g/mol. The second-order valence-corrected chi connectivity index (χ2v) is 1.61. The Morgan fingerprint density at radius 1 is 1.25 bits per heavy atom. The van der Waals surface area contributed by atoms with Gasteiger partial charge in [-0.25, -0.2) is 4.21 Å². The Balaban J connectivity index is 0. The third-order valence-corrected chi connectivity index (χ3v) is 0.567. The van der Waals surface area contributed by atoms with Gasteiger partial charge < -0.3 is 0 Å². The van der Waals surface area contributed by atoms with Gasteiger partial charge in [-0.3, -0.25) is 0 Å². The predicted molar refractivity (Wildman–Crippen MR) is 20.6 cm³/mol. The first-order valence-electron chi connectivity index (χ1n) is 1.10. The molecule has 0 rings (SSSR count). The summed E-state index contributed by atoms with van der Waals surface area (Å²) >= 11 is -3.93. The maximum Gasteiger partial charge on any atom is 0.499 e. The summed E-state index contributed by atoms with van der Waals surface area (Å²) in [5.41, 5.74) is -5.08. The first-order chi connectivity index (χ1) is 2.94. The molecule has 0 aromatic carbocycles. The third-order valence-electron chi connectivity index (χ3n) is 0.189. The van der Waals surface area contributed by atoms with E-state index in [-0.39, 0.29) is 29.6 Å². The van der Waals surface area contributed by atoms with Gasteiger partial charge in [-0.2, -0.15) is 13.2 Å². The number of hydrogen-bond acceptors (Lipinski definition) is 1. The molecule has 7 heteroatoms. The Morgan fingerprint density at radius 3 is 1.38 bits per heavy atom. The maximum absolute atomic E-state index is 10.6. The molecule has 1 atom stereocenters. The van der Waals surface area contributed by atoms with Crippen molar-refractivity contribution in [2.75, 3.05) is 0 Å². The van der Waals surface area contributed by atoms with Crippen LogP contribution in [0.2, 0.25) is 0 Å². The molecule has 0 aromatic rings. The van der Waals surface area contributed by atoms with Crippen LogP contribution in [0.15, 0.2) is 0 Å². The average Bonchev–Trinajstić information content (AvgIpc) is 1.31. The van der Waals surface area contributed by atoms with Gasteiger partial charge >= 0.3 is 5.51 Å². The van der Waals surface area contributed by atoms with Gasteiger partial charge in [0.2, 0.25) is 0 Å². The van der Waals surface area contributed by atoms with E-state index in [9.17, 15) is 13.2 Å². The fourth-order valence-electron chi connectivity index (χ4n) is 0. The second kappa shape index (κ2) is 3.84. The molecule has 8 heavy (non-hydrogen) atoms. The molecule has 0 aliphatic heterocycles. The van der Waals surface area contributed by atoms with Crippen molar-refractivity contribution in [3.8, 4) is 0 Å². The quantitative estimate of drug-likeness (QED) is 0.462. The fourth-order valence-corrected chi connectivity index (χ4v) is 0. The van der Waals surface area contributed by atoms with Crippen molar-refractivity contribution in [3.05, 3.63) is 0 Å². The molecule has 1 unspecified atom stereocenters. The molecule has 0 spiro atoms. The van der Waals surface area contributed by atoms with Crippen LogP contribution in [0.3, 0.4) is 0 Å². The van der Waals surface area contributed by atoms with Gasteiger partial charge in [0, 0.05) is 29.6 Å². The van der Waals surface area contributed by atoms with E-state index in [0.717, 1.165) is 0 Å². The summed E-state index contributed by atoms with van der Waals surface area (Å²) in [6, 6.07) is 0. The molecule has 0 aromatic heterocycles. The SMILES string of the molecule is [Na].[O]S(=O)C(F)(F)F. The van der Waals surface area contributed by atoms with Crippen molar-refractivity contribution in [3.63, 3.8) is 0 Å². The molecule has 0 N–H and O–H groups in total. The molecule has 0 aliphatic rings. The maximum atomic E-state index is 10.6. The minimum atomic E-state index is -5.08. The Labute approximate surface area is 68.0 Å². The molecular formula is CF3NaO2S. The van der Waals surface area contributed by atoms with Crippen molar-refractivity contribution in [1.29, 1.82) is 0 Å². The second-order valence-electron chi connectivity index (χ2n) is 0.680. The van der Waals surface area contributed by atoms with E-state index in [2.05, 4.69) is 0 Å². The van der Waals surface area contributed by atoms with Crippen LogP contribution in [0.4, 0.5) is 13.2 Å². The summed E-state index contributed by atoms with van der Waals surface area (Å²) in [7, 11) is 0. The largest absolute Gasteiger partial charge is 0.499 e. The topological polar surface area (TPSA) is 37.0 Å². The van der Waals surface area contributed by atoms with Crippen molar-refractivity contribution in [2.45, 2.75) is 5.51 Å². The van der Waals surface area contributed by atoms with Crippen molar-refractivity contribution in [2.24, 2.45) is 0 Å². The summed E-state index contributed by atoms with van der Waals surface area (Å²) < 4.78 is 49.5. The van der Waals surface area contributed by atoms with Crippen LogP contribution >= 0.6 is 0 Å². The number of alkyl halides is 3. The number of halogens is 3. The molecule has 2 nitrogen and oxygen atoms in total. The van der Waals surface area contributed by atoms with Gasteiger partial charge in [-0.05, 0) is 0 Å². The normalized spacial score (nSPS) is 14.5. The summed E-state index contributed by atoms with van der Waals surface area (Å²) in [5.74, 6) is 0. The Kier molecular flexibility index (Phi) is 5.60. The van der Waals surface area contributed by atoms with E-state index in [1.54, 1.807) is 0 Å². The monoisotopic (exact) mass is 156 g/mol. The van der Waals surface area contributed by atoms with Crippen LogP contribution in [0.5, 0.6) is 0 Å². The molecule has 2 radical (unpaired) electrons. The zero-order valence-corrected chi connectivity index (χ0v) is 6.68. The smallest absolute Gasteiger partial charge is 0.217 e. The van der Waals surface area contributed by atoms with E-state index in [1.165, 1.54) is 0 Å². The van der Waals surface area contributed by atoms with Crippen LogP contribution in [-0.2, 0) is 15.6 Å². The molecule has 0 saturated heterocycles. The average molecular weight is 156 g/mol. The van der Waals surface area contributed by atoms with Crippen molar-refractivity contribution >= 4 is 40.6 Å². The third kappa shape index (κ3) is 5.04. The summed E-state index contributed by atoms with van der Waals surface area (Å²) in [6.07, 6.45) is 0. The molecule has 0 fully saturated rings. The molecule has 0 amide bonds. The van der Waals surface area contributed by atoms with Gasteiger partial charge in [-0.15, -0.1) is 4.55 Å². The van der Waals surface area contributed by atoms with Crippen LogP contribution in [0.1, 0.15) is 0 Å². The molecule has 0 aliphatic carbocycles. The predicted octanol–water partition coefficient (Wildman–Crippen LogP) is 0.220. The van der Waals surface area contributed by atoms with Crippen LogP contribution in [0, 0.1) is 0 Å². The Hall–Kier alpha value is 0.900. The molecule has 0 saturated carbocycles. The van der Waals surface area contributed by atoms with E-state index < -0.39 is 16.6 Å². The van der Waals surface area contributed by atoms with E-state index in [1.807, 2.05) is 0 Å². The van der Waals surface area contributed by atoms with E-state index in [0.29, 0.717) is 0 Å². The summed E-state index contributed by atoms with van der Waals surface area (Å²) in [4.78, 5) is 0. The van der Waals surface area contributed by atoms with Crippen LogP contribution < -0.4 is 0 Å². The van der Waals surface area contributed by atoms with Crippen molar-refractivity contribution < 1.29 is 21.9 Å². The minimum Gasteiger partial charge on any atom is -0.217 e. The zero-order chi connectivity index (χ0) is 6.08. The van der Waals surface area contributed by atoms with Gasteiger partial charge in [0.15, 0.2) is 0 Å². The molecule has 44 valence electrons. The van der Waals surface area contributed by atoms with Gasteiger partial charge in [-0.1, -0.05) is 0 Å². The Morgan fingerprint density at radius 2 is 1.38 bits per heavy atom. The van der Waals surface area contributed by atoms with Crippen LogP contribution in [-0.4, -0.2) is 39.3 Å². The standard InChI is InChI=1S/CF3O2S.Na/c2-1(3,4)7(5)6;. The summed E-state index contributed by atoms with van der Waals surface area (Å²) in [5, 5.41) is 0. The van der Waals surface area contributed by atoms with E-state index >= 15 is 0 Å². The van der Waals surface area contributed by atoms with Gasteiger partial charge in [0.1, 0.15) is 0 Å². The van der Waals surface area contributed by atoms with Crippen LogP contribution in [0.25, 0.3) is 0 Å². The number of hydrogen-bond donors (Lipinski definition) is 0. The van der Waals surface area contributed by atoms with E-state index in [4.69, 9.17) is 8.76 Å². The molecule has 0 bridgehead atoms. The van der Waals surface area contributed by atoms with Crippen molar-refractivity contribution in [1.82, 2.24) is 0 Å². The minimum absolute atomic E-state index is 0. The van der Waals surface area contributed by atoms with Gasteiger partial charge in [0.25, 0.3) is 11.1 Å².